The second-order valence-corrected chi connectivity index (χ2v) is 8.09. The minimum absolute atomic E-state index is 0.0153. The Morgan fingerprint density at radius 3 is 2.59 bits per heavy atom. The number of anilines is 2. The first-order valence-corrected chi connectivity index (χ1v) is 10.2. The third-order valence-electron chi connectivity index (χ3n) is 5.46. The molecule has 1 saturated heterocycles. The van der Waals surface area contributed by atoms with Gasteiger partial charge in [0.1, 0.15) is 5.56 Å². The molecule has 1 heterocycles. The highest BCUT2D eigenvalue weighted by atomic mass is 35.5. The summed E-state index contributed by atoms with van der Waals surface area (Å²) in [6.07, 6.45) is 2.74. The topological polar surface area (TPSA) is 78.7 Å². The molecule has 152 valence electrons. The number of hydrogen-bond acceptors (Lipinski definition) is 5. The highest BCUT2D eigenvalue weighted by Crippen LogP contribution is 2.30. The summed E-state index contributed by atoms with van der Waals surface area (Å²) in [6.45, 7) is 5.21. The highest BCUT2D eigenvalue weighted by Gasteiger charge is 2.26. The molecular weight excluding hydrogens is 392 g/mol. The Bertz CT molecular complexity index is 924. The first kappa shape index (κ1) is 19.7. The molecule has 29 heavy (non-hydrogen) atoms. The van der Waals surface area contributed by atoms with Crippen LogP contribution in [0.2, 0.25) is 5.02 Å². The van der Waals surface area contributed by atoms with E-state index in [9.17, 15) is 14.9 Å². The summed E-state index contributed by atoms with van der Waals surface area (Å²) in [5.74, 6) is 0.372. The number of carbonyl (C=O) groups excluding carboxylic acids is 1. The van der Waals surface area contributed by atoms with E-state index in [0.29, 0.717) is 5.69 Å². The molecular formula is C21H23ClN4O3. The van der Waals surface area contributed by atoms with Crippen molar-refractivity contribution in [3.05, 3.63) is 63.2 Å². The van der Waals surface area contributed by atoms with Crippen molar-refractivity contribution in [1.29, 1.82) is 0 Å². The molecule has 1 aliphatic heterocycles. The van der Waals surface area contributed by atoms with E-state index in [2.05, 4.69) is 15.1 Å². The Morgan fingerprint density at radius 1 is 1.14 bits per heavy atom. The van der Waals surface area contributed by atoms with Crippen LogP contribution in [0.25, 0.3) is 0 Å². The predicted octanol–water partition coefficient (Wildman–Crippen LogP) is 4.03. The molecule has 0 bridgehead atoms. The van der Waals surface area contributed by atoms with Gasteiger partial charge in [-0.25, -0.2) is 0 Å². The lowest BCUT2D eigenvalue weighted by molar-refractivity contribution is -0.385. The number of amides is 1. The van der Waals surface area contributed by atoms with E-state index in [1.54, 1.807) is 6.07 Å². The van der Waals surface area contributed by atoms with Gasteiger partial charge in [-0.2, -0.15) is 0 Å². The Labute approximate surface area is 174 Å². The molecule has 8 heteroatoms. The van der Waals surface area contributed by atoms with Gasteiger partial charge < -0.3 is 10.2 Å². The third kappa shape index (κ3) is 4.86. The number of halogens is 1. The lowest BCUT2D eigenvalue weighted by Crippen LogP contribution is -2.47. The fraction of sp³-hybridized carbons (Fsp3) is 0.381. The number of rotatable bonds is 6. The standard InChI is InChI=1S/C21H23ClN4O3/c22-16-6-7-19(20(12-16)26(28)29)21(27)23-17-2-1-3-18(13-17)25-10-8-24(9-11-25)14-15-4-5-15/h1-3,6-7,12-13,15H,4-5,8-11,14H2,(H,23,27). The summed E-state index contributed by atoms with van der Waals surface area (Å²) in [6, 6.07) is 11.6. The molecule has 1 N–H and O–H groups in total. The third-order valence-corrected chi connectivity index (χ3v) is 5.69. The summed E-state index contributed by atoms with van der Waals surface area (Å²) in [5.41, 5.74) is 1.33. The zero-order valence-electron chi connectivity index (χ0n) is 16.0. The number of nitrogens with one attached hydrogen (secondary N) is 1. The number of nitro benzene ring substituents is 1. The fourth-order valence-electron chi connectivity index (χ4n) is 3.68. The Morgan fingerprint density at radius 2 is 1.90 bits per heavy atom. The van der Waals surface area contributed by atoms with Crippen molar-refractivity contribution in [2.45, 2.75) is 12.8 Å². The van der Waals surface area contributed by atoms with Gasteiger partial charge in [-0.15, -0.1) is 0 Å². The van der Waals surface area contributed by atoms with E-state index in [1.807, 2.05) is 18.2 Å². The molecule has 4 rings (SSSR count). The van der Waals surface area contributed by atoms with Crippen molar-refractivity contribution in [2.75, 3.05) is 42.9 Å². The van der Waals surface area contributed by atoms with Crippen molar-refractivity contribution in [3.8, 4) is 0 Å². The maximum absolute atomic E-state index is 12.6. The van der Waals surface area contributed by atoms with Crippen LogP contribution in [0.1, 0.15) is 23.2 Å². The number of benzene rings is 2. The van der Waals surface area contributed by atoms with E-state index in [-0.39, 0.29) is 16.3 Å². The van der Waals surface area contributed by atoms with Crippen molar-refractivity contribution in [1.82, 2.24) is 4.90 Å². The minimum Gasteiger partial charge on any atom is -0.369 e. The summed E-state index contributed by atoms with van der Waals surface area (Å²) in [7, 11) is 0. The molecule has 7 nitrogen and oxygen atoms in total. The predicted molar refractivity (Wildman–Crippen MR) is 114 cm³/mol. The maximum Gasteiger partial charge on any atom is 0.283 e. The zero-order valence-corrected chi connectivity index (χ0v) is 16.8. The first-order valence-electron chi connectivity index (χ1n) is 9.82. The Kier molecular flexibility index (Phi) is 5.69. The van der Waals surface area contributed by atoms with Gasteiger partial charge in [-0.1, -0.05) is 17.7 Å². The van der Waals surface area contributed by atoms with Crippen LogP contribution < -0.4 is 10.2 Å². The lowest BCUT2D eigenvalue weighted by atomic mass is 10.1. The van der Waals surface area contributed by atoms with Crippen LogP contribution >= 0.6 is 11.6 Å². The first-order chi connectivity index (χ1) is 14.0. The monoisotopic (exact) mass is 414 g/mol. The molecule has 0 radical (unpaired) electrons. The summed E-state index contributed by atoms with van der Waals surface area (Å²) >= 11 is 5.83. The quantitative estimate of drug-likeness (QED) is 0.570. The van der Waals surface area contributed by atoms with E-state index in [4.69, 9.17) is 11.6 Å². The number of hydrogen-bond donors (Lipinski definition) is 1. The molecule has 2 aromatic carbocycles. The molecule has 1 amide bonds. The van der Waals surface area contributed by atoms with E-state index in [0.717, 1.165) is 37.8 Å². The number of nitro groups is 1. The molecule has 0 unspecified atom stereocenters. The van der Waals surface area contributed by atoms with E-state index < -0.39 is 10.8 Å². The second-order valence-electron chi connectivity index (χ2n) is 7.65. The van der Waals surface area contributed by atoms with Gasteiger partial charge in [0.2, 0.25) is 0 Å². The fourth-order valence-corrected chi connectivity index (χ4v) is 3.85. The van der Waals surface area contributed by atoms with Crippen molar-refractivity contribution >= 4 is 34.6 Å². The molecule has 2 fully saturated rings. The Balaban J connectivity index is 1.43. The average Bonchev–Trinajstić information content (AvgIpc) is 3.52. The SMILES string of the molecule is O=C(Nc1cccc(N2CCN(CC3CC3)CC2)c1)c1ccc(Cl)cc1[N+](=O)[O-]. The van der Waals surface area contributed by atoms with Gasteiger partial charge in [0, 0.05) is 55.2 Å². The molecule has 0 aromatic heterocycles. The van der Waals surface area contributed by atoms with Gasteiger partial charge in [-0.05, 0) is 49.1 Å². The zero-order chi connectivity index (χ0) is 20.4. The highest BCUT2D eigenvalue weighted by molar-refractivity contribution is 6.31. The Hall–Kier alpha value is -2.64. The van der Waals surface area contributed by atoms with Crippen LogP contribution in [-0.2, 0) is 0 Å². The van der Waals surface area contributed by atoms with Crippen LogP contribution in [0.4, 0.5) is 17.1 Å². The van der Waals surface area contributed by atoms with E-state index >= 15 is 0 Å². The summed E-state index contributed by atoms with van der Waals surface area (Å²) < 4.78 is 0. The minimum atomic E-state index is -0.599. The van der Waals surface area contributed by atoms with Crippen molar-refractivity contribution in [3.63, 3.8) is 0 Å². The lowest BCUT2D eigenvalue weighted by Gasteiger charge is -2.36. The van der Waals surface area contributed by atoms with Crippen molar-refractivity contribution in [2.24, 2.45) is 5.92 Å². The van der Waals surface area contributed by atoms with Gasteiger partial charge in [0.25, 0.3) is 11.6 Å². The second kappa shape index (κ2) is 8.39. The van der Waals surface area contributed by atoms with Gasteiger partial charge in [0.15, 0.2) is 0 Å². The molecule has 1 saturated carbocycles. The molecule has 0 atom stereocenters. The number of carbonyl (C=O) groups is 1. The van der Waals surface area contributed by atoms with Gasteiger partial charge in [0.05, 0.1) is 4.92 Å². The average molecular weight is 415 g/mol. The molecule has 2 aliphatic rings. The maximum atomic E-state index is 12.6. The molecule has 2 aromatic rings. The van der Waals surface area contributed by atoms with Crippen LogP contribution in [0, 0.1) is 16.0 Å². The molecule has 1 aliphatic carbocycles. The van der Waals surface area contributed by atoms with Crippen LogP contribution in [0.3, 0.4) is 0 Å². The van der Waals surface area contributed by atoms with Crippen LogP contribution in [0.5, 0.6) is 0 Å². The van der Waals surface area contributed by atoms with Gasteiger partial charge in [-0.3, -0.25) is 19.8 Å². The van der Waals surface area contributed by atoms with Gasteiger partial charge >= 0.3 is 0 Å². The molecule has 0 spiro atoms. The van der Waals surface area contributed by atoms with Crippen LogP contribution in [-0.4, -0.2) is 48.5 Å². The normalized spacial score (nSPS) is 17.2. The summed E-state index contributed by atoms with van der Waals surface area (Å²) in [5, 5.41) is 14.2. The van der Waals surface area contributed by atoms with E-state index in [1.165, 1.54) is 37.6 Å². The number of piperazine rings is 1. The number of nitrogens with zero attached hydrogens (tertiary/aromatic N) is 3. The van der Waals surface area contributed by atoms with Crippen molar-refractivity contribution < 1.29 is 9.72 Å². The van der Waals surface area contributed by atoms with Crippen LogP contribution in [0.15, 0.2) is 42.5 Å². The largest absolute Gasteiger partial charge is 0.369 e. The summed E-state index contributed by atoms with van der Waals surface area (Å²) in [4.78, 5) is 28.1. The smallest absolute Gasteiger partial charge is 0.283 e.